The predicted molar refractivity (Wildman–Crippen MR) is 33.6 cm³/mol. The number of hydrogen-bond donors (Lipinski definition) is 1. The minimum Gasteiger partial charge on any atom is -0.363 e. The maximum Gasteiger partial charge on any atom is 0.299 e. The van der Waals surface area contributed by atoms with Gasteiger partial charge in [-0.2, -0.15) is 8.42 Å². The SMILES string of the molecule is Cl.O=S(=O)(O)c1cnoc1. The van der Waals surface area contributed by atoms with Gasteiger partial charge in [-0.25, -0.2) is 0 Å². The van der Waals surface area contributed by atoms with Crippen LogP contribution in [0.2, 0.25) is 0 Å². The van der Waals surface area contributed by atoms with Crippen molar-refractivity contribution in [2.24, 2.45) is 0 Å². The Morgan fingerprint density at radius 2 is 2.20 bits per heavy atom. The van der Waals surface area contributed by atoms with Gasteiger partial charge in [-0.05, 0) is 0 Å². The van der Waals surface area contributed by atoms with Crippen molar-refractivity contribution in [3.8, 4) is 0 Å². The maximum atomic E-state index is 10.1. The molecule has 7 heteroatoms. The zero-order valence-electron chi connectivity index (χ0n) is 4.59. The summed E-state index contributed by atoms with van der Waals surface area (Å²) < 4.78 is 32.7. The van der Waals surface area contributed by atoms with Gasteiger partial charge in [0.15, 0.2) is 4.90 Å². The second kappa shape index (κ2) is 3.00. The minimum absolute atomic E-state index is 0. The molecule has 10 heavy (non-hydrogen) atoms. The molecule has 1 rings (SSSR count). The molecular formula is C3H4ClNO4S. The zero-order chi connectivity index (χ0) is 6.91. The number of halogens is 1. The van der Waals surface area contributed by atoms with E-state index in [2.05, 4.69) is 9.68 Å². The average Bonchev–Trinajstić information content (AvgIpc) is 2.08. The van der Waals surface area contributed by atoms with E-state index in [9.17, 15) is 8.42 Å². The smallest absolute Gasteiger partial charge is 0.299 e. The highest BCUT2D eigenvalue weighted by atomic mass is 35.5. The Labute approximate surface area is 63.2 Å². The lowest BCUT2D eigenvalue weighted by Crippen LogP contribution is -1.94. The molecular weight excluding hydrogens is 182 g/mol. The first kappa shape index (κ1) is 9.41. The van der Waals surface area contributed by atoms with E-state index in [-0.39, 0.29) is 17.3 Å². The Balaban J connectivity index is 0.000000810. The monoisotopic (exact) mass is 185 g/mol. The van der Waals surface area contributed by atoms with Gasteiger partial charge < -0.3 is 4.52 Å². The van der Waals surface area contributed by atoms with Gasteiger partial charge in [-0.1, -0.05) is 5.16 Å². The van der Waals surface area contributed by atoms with Crippen LogP contribution in [0.25, 0.3) is 0 Å². The number of aromatic nitrogens is 1. The van der Waals surface area contributed by atoms with Crippen LogP contribution in [-0.2, 0) is 10.1 Å². The Bertz CT molecular complexity index is 277. The molecule has 1 aromatic rings. The van der Waals surface area contributed by atoms with Gasteiger partial charge in [0.1, 0.15) is 6.26 Å². The molecule has 0 bridgehead atoms. The average molecular weight is 186 g/mol. The van der Waals surface area contributed by atoms with Gasteiger partial charge >= 0.3 is 0 Å². The third kappa shape index (κ3) is 1.98. The quantitative estimate of drug-likeness (QED) is 0.639. The molecule has 0 atom stereocenters. The summed E-state index contributed by atoms with van der Waals surface area (Å²) in [5.41, 5.74) is 0. The summed E-state index contributed by atoms with van der Waals surface area (Å²) in [6, 6.07) is 0. The third-order valence-corrected chi connectivity index (χ3v) is 1.50. The Kier molecular flexibility index (Phi) is 2.82. The van der Waals surface area contributed by atoms with Gasteiger partial charge in [0, 0.05) is 0 Å². The lowest BCUT2D eigenvalue weighted by molar-refractivity contribution is 0.416. The lowest BCUT2D eigenvalue weighted by atomic mass is 10.8. The first-order valence-electron chi connectivity index (χ1n) is 1.97. The largest absolute Gasteiger partial charge is 0.363 e. The molecule has 5 nitrogen and oxygen atoms in total. The predicted octanol–water partition coefficient (Wildman–Crippen LogP) is 0.343. The lowest BCUT2D eigenvalue weighted by Gasteiger charge is -1.82. The molecule has 1 heterocycles. The minimum atomic E-state index is -4.12. The van der Waals surface area contributed by atoms with Crippen LogP contribution in [0.3, 0.4) is 0 Å². The van der Waals surface area contributed by atoms with Gasteiger partial charge in [0.25, 0.3) is 10.1 Å². The van der Waals surface area contributed by atoms with Crippen molar-refractivity contribution in [3.05, 3.63) is 12.5 Å². The van der Waals surface area contributed by atoms with E-state index < -0.39 is 10.1 Å². The molecule has 0 fully saturated rings. The summed E-state index contributed by atoms with van der Waals surface area (Å²) >= 11 is 0. The summed E-state index contributed by atoms with van der Waals surface area (Å²) in [7, 11) is -4.12. The number of rotatable bonds is 1. The first-order valence-corrected chi connectivity index (χ1v) is 3.41. The van der Waals surface area contributed by atoms with Gasteiger partial charge in [0.05, 0.1) is 6.20 Å². The molecule has 0 aliphatic heterocycles. The van der Waals surface area contributed by atoms with Crippen LogP contribution in [0, 0.1) is 0 Å². The number of nitrogens with zero attached hydrogens (tertiary/aromatic N) is 1. The fourth-order valence-corrected chi connectivity index (χ4v) is 0.663. The summed E-state index contributed by atoms with van der Waals surface area (Å²) in [5.74, 6) is 0. The van der Waals surface area contributed by atoms with E-state index in [1.54, 1.807) is 0 Å². The van der Waals surface area contributed by atoms with Gasteiger partial charge in [0.2, 0.25) is 0 Å². The topological polar surface area (TPSA) is 80.4 Å². The maximum absolute atomic E-state index is 10.1. The first-order chi connectivity index (χ1) is 4.11. The standard InChI is InChI=1S/C3H3NO4S.ClH/c5-9(6,7)3-1-4-8-2-3;/h1-2H,(H,5,6,7);1H. The Hall–Kier alpha value is -0.590. The van der Waals surface area contributed by atoms with Crippen LogP contribution in [0.4, 0.5) is 0 Å². The summed E-state index contributed by atoms with van der Waals surface area (Å²) in [5, 5.41) is 3.07. The highest BCUT2D eigenvalue weighted by Gasteiger charge is 2.10. The van der Waals surface area contributed by atoms with Crippen molar-refractivity contribution in [2.45, 2.75) is 4.90 Å². The van der Waals surface area contributed by atoms with Crippen molar-refractivity contribution in [1.29, 1.82) is 0 Å². The molecule has 0 spiro atoms. The second-order valence-electron chi connectivity index (χ2n) is 1.34. The van der Waals surface area contributed by atoms with Gasteiger partial charge in [-0.15, -0.1) is 12.4 Å². The molecule has 58 valence electrons. The van der Waals surface area contributed by atoms with E-state index >= 15 is 0 Å². The molecule has 0 saturated heterocycles. The molecule has 1 N–H and O–H groups in total. The van der Waals surface area contributed by atoms with Crippen LogP contribution in [0.5, 0.6) is 0 Å². The van der Waals surface area contributed by atoms with Crippen LogP contribution in [0.1, 0.15) is 0 Å². The molecule has 0 radical (unpaired) electrons. The van der Waals surface area contributed by atoms with Crippen molar-refractivity contribution >= 4 is 22.5 Å². The third-order valence-electron chi connectivity index (χ3n) is 0.708. The van der Waals surface area contributed by atoms with Crippen LogP contribution in [-0.4, -0.2) is 18.1 Å². The van der Waals surface area contributed by atoms with Crippen molar-refractivity contribution in [2.75, 3.05) is 0 Å². The summed E-state index contributed by atoms with van der Waals surface area (Å²) in [6.07, 6.45) is 1.75. The van der Waals surface area contributed by atoms with Crippen LogP contribution in [0.15, 0.2) is 21.9 Å². The number of hydrogen-bond acceptors (Lipinski definition) is 4. The fourth-order valence-electron chi connectivity index (χ4n) is 0.323. The highest BCUT2D eigenvalue weighted by Crippen LogP contribution is 2.03. The second-order valence-corrected chi connectivity index (χ2v) is 2.76. The molecule has 0 unspecified atom stereocenters. The molecule has 0 saturated carbocycles. The molecule has 0 aliphatic carbocycles. The van der Waals surface area contributed by atoms with E-state index in [0.717, 1.165) is 12.5 Å². The van der Waals surface area contributed by atoms with Crippen molar-refractivity contribution in [1.82, 2.24) is 5.16 Å². The van der Waals surface area contributed by atoms with E-state index in [1.165, 1.54) is 0 Å². The zero-order valence-corrected chi connectivity index (χ0v) is 6.22. The summed E-state index contributed by atoms with van der Waals surface area (Å²) in [6.45, 7) is 0. The van der Waals surface area contributed by atoms with E-state index in [0.29, 0.717) is 0 Å². The molecule has 1 aromatic heterocycles. The highest BCUT2D eigenvalue weighted by molar-refractivity contribution is 7.85. The van der Waals surface area contributed by atoms with Crippen molar-refractivity contribution in [3.63, 3.8) is 0 Å². The molecule has 0 aliphatic rings. The fraction of sp³-hybridized carbons (Fsp3) is 0. The van der Waals surface area contributed by atoms with Crippen LogP contribution < -0.4 is 0 Å². The normalized spacial score (nSPS) is 10.5. The molecule has 0 aromatic carbocycles. The van der Waals surface area contributed by atoms with Crippen LogP contribution >= 0.6 is 12.4 Å². The summed E-state index contributed by atoms with van der Waals surface area (Å²) in [4.78, 5) is -0.331. The van der Waals surface area contributed by atoms with E-state index in [1.807, 2.05) is 0 Å². The van der Waals surface area contributed by atoms with Crippen molar-refractivity contribution < 1.29 is 17.5 Å². The Morgan fingerprint density at radius 3 is 2.40 bits per heavy atom. The molecule has 0 amide bonds. The Morgan fingerprint density at radius 1 is 1.60 bits per heavy atom. The van der Waals surface area contributed by atoms with E-state index in [4.69, 9.17) is 4.55 Å². The van der Waals surface area contributed by atoms with Gasteiger partial charge in [-0.3, -0.25) is 4.55 Å².